The summed E-state index contributed by atoms with van der Waals surface area (Å²) in [6, 6.07) is 0. The Kier molecular flexibility index (Phi) is 3.69. The van der Waals surface area contributed by atoms with Crippen LogP contribution in [0.25, 0.3) is 0 Å². The first kappa shape index (κ1) is 10.6. The van der Waals surface area contributed by atoms with Crippen molar-refractivity contribution in [3.05, 3.63) is 11.9 Å². The lowest BCUT2D eigenvalue weighted by atomic mass is 10.3. The van der Waals surface area contributed by atoms with E-state index >= 15 is 0 Å². The molecule has 0 saturated heterocycles. The van der Waals surface area contributed by atoms with Gasteiger partial charge in [0.25, 0.3) is 0 Å². The Balaban J connectivity index is 1.63. The number of nitrogens with zero attached hydrogens (tertiary/aromatic N) is 3. The Labute approximate surface area is 89.5 Å². The van der Waals surface area contributed by atoms with E-state index < -0.39 is 0 Å². The molecule has 1 aromatic rings. The fourth-order valence-corrected chi connectivity index (χ4v) is 1.56. The summed E-state index contributed by atoms with van der Waals surface area (Å²) in [5, 5.41) is 20.0. The van der Waals surface area contributed by atoms with Gasteiger partial charge >= 0.3 is 0 Å². The molecule has 1 aliphatic rings. The van der Waals surface area contributed by atoms with Gasteiger partial charge in [-0.15, -0.1) is 5.10 Å². The molecule has 84 valence electrons. The normalized spacial score (nSPS) is 15.8. The van der Waals surface area contributed by atoms with Crippen LogP contribution in [0.1, 0.15) is 25.0 Å². The standard InChI is InChI=1S/C10H18N4O/c15-6-5-14-8-10(12-13-14)7-11-4-3-9-1-2-9/h8-9,11,15H,1-7H2. The van der Waals surface area contributed by atoms with E-state index in [4.69, 9.17) is 5.11 Å². The molecule has 0 aromatic carbocycles. The van der Waals surface area contributed by atoms with Gasteiger partial charge in [0.05, 0.1) is 18.8 Å². The molecule has 1 heterocycles. The van der Waals surface area contributed by atoms with Gasteiger partial charge in [-0.05, 0) is 18.9 Å². The van der Waals surface area contributed by atoms with Crippen LogP contribution in [0.15, 0.2) is 6.20 Å². The molecule has 0 unspecified atom stereocenters. The minimum atomic E-state index is 0.109. The summed E-state index contributed by atoms with van der Waals surface area (Å²) in [5.74, 6) is 0.975. The second kappa shape index (κ2) is 5.23. The third-order valence-corrected chi connectivity index (χ3v) is 2.65. The van der Waals surface area contributed by atoms with Crippen molar-refractivity contribution in [3.63, 3.8) is 0 Å². The third kappa shape index (κ3) is 3.60. The lowest BCUT2D eigenvalue weighted by Gasteiger charge is -1.99. The van der Waals surface area contributed by atoms with Crippen LogP contribution >= 0.6 is 0 Å². The van der Waals surface area contributed by atoms with E-state index in [0.29, 0.717) is 6.54 Å². The SMILES string of the molecule is OCCn1cc(CNCCC2CC2)nn1. The Hall–Kier alpha value is -0.940. The first-order valence-corrected chi connectivity index (χ1v) is 5.59. The predicted molar refractivity (Wildman–Crippen MR) is 56.2 cm³/mol. The lowest BCUT2D eigenvalue weighted by Crippen LogP contribution is -2.15. The number of rotatable bonds is 7. The fourth-order valence-electron chi connectivity index (χ4n) is 1.56. The summed E-state index contributed by atoms with van der Waals surface area (Å²) in [6.07, 6.45) is 5.98. The van der Waals surface area contributed by atoms with Crippen LogP contribution in [0, 0.1) is 5.92 Å². The maximum absolute atomic E-state index is 8.71. The van der Waals surface area contributed by atoms with Gasteiger partial charge in [0, 0.05) is 12.7 Å². The topological polar surface area (TPSA) is 63.0 Å². The molecule has 2 rings (SSSR count). The summed E-state index contributed by atoms with van der Waals surface area (Å²) in [4.78, 5) is 0. The predicted octanol–water partition coefficient (Wildman–Crippen LogP) is 0.160. The molecule has 5 nitrogen and oxygen atoms in total. The molecule has 1 saturated carbocycles. The van der Waals surface area contributed by atoms with Crippen molar-refractivity contribution in [2.45, 2.75) is 32.4 Å². The van der Waals surface area contributed by atoms with Crippen LogP contribution in [0.2, 0.25) is 0 Å². The van der Waals surface area contributed by atoms with Crippen molar-refractivity contribution in [2.75, 3.05) is 13.2 Å². The van der Waals surface area contributed by atoms with Crippen LogP contribution in [-0.4, -0.2) is 33.3 Å². The highest BCUT2D eigenvalue weighted by molar-refractivity contribution is 4.91. The highest BCUT2D eigenvalue weighted by atomic mass is 16.3. The van der Waals surface area contributed by atoms with Crippen LogP contribution in [-0.2, 0) is 13.1 Å². The zero-order valence-electron chi connectivity index (χ0n) is 8.89. The average Bonchev–Trinajstić information content (AvgIpc) is 2.95. The van der Waals surface area contributed by atoms with Crippen LogP contribution < -0.4 is 5.32 Å². The Morgan fingerprint density at radius 1 is 1.53 bits per heavy atom. The molecule has 0 atom stereocenters. The van der Waals surface area contributed by atoms with Crippen molar-refractivity contribution in [1.82, 2.24) is 20.3 Å². The van der Waals surface area contributed by atoms with E-state index in [1.54, 1.807) is 4.68 Å². The number of aliphatic hydroxyl groups is 1. The molecule has 0 radical (unpaired) electrons. The van der Waals surface area contributed by atoms with Gasteiger partial charge in [-0.1, -0.05) is 18.1 Å². The number of hydrogen-bond acceptors (Lipinski definition) is 4. The van der Waals surface area contributed by atoms with Crippen molar-refractivity contribution >= 4 is 0 Å². The Morgan fingerprint density at radius 3 is 3.13 bits per heavy atom. The molecule has 1 fully saturated rings. The molecule has 15 heavy (non-hydrogen) atoms. The monoisotopic (exact) mass is 210 g/mol. The molecule has 0 bridgehead atoms. The van der Waals surface area contributed by atoms with E-state index in [-0.39, 0.29) is 6.61 Å². The number of aromatic nitrogens is 3. The van der Waals surface area contributed by atoms with E-state index in [1.807, 2.05) is 6.20 Å². The molecular formula is C10H18N4O. The second-order valence-corrected chi connectivity index (χ2v) is 4.11. The summed E-state index contributed by atoms with van der Waals surface area (Å²) in [7, 11) is 0. The maximum Gasteiger partial charge on any atom is 0.0964 e. The smallest absolute Gasteiger partial charge is 0.0964 e. The number of hydrogen-bond donors (Lipinski definition) is 2. The Morgan fingerprint density at radius 2 is 2.40 bits per heavy atom. The molecule has 1 aromatic heterocycles. The molecule has 0 aliphatic heterocycles. The molecule has 0 amide bonds. The molecule has 0 spiro atoms. The second-order valence-electron chi connectivity index (χ2n) is 4.11. The van der Waals surface area contributed by atoms with E-state index in [1.165, 1.54) is 19.3 Å². The van der Waals surface area contributed by atoms with E-state index in [9.17, 15) is 0 Å². The van der Waals surface area contributed by atoms with Gasteiger partial charge in [0.1, 0.15) is 0 Å². The zero-order chi connectivity index (χ0) is 10.5. The zero-order valence-corrected chi connectivity index (χ0v) is 8.89. The third-order valence-electron chi connectivity index (χ3n) is 2.65. The summed E-state index contributed by atoms with van der Waals surface area (Å²) >= 11 is 0. The van der Waals surface area contributed by atoms with Gasteiger partial charge < -0.3 is 10.4 Å². The average molecular weight is 210 g/mol. The molecule has 5 heteroatoms. The van der Waals surface area contributed by atoms with E-state index in [2.05, 4.69) is 15.6 Å². The quantitative estimate of drug-likeness (QED) is 0.629. The van der Waals surface area contributed by atoms with Gasteiger partial charge in [0.15, 0.2) is 0 Å². The highest BCUT2D eigenvalue weighted by Gasteiger charge is 2.19. The minimum absolute atomic E-state index is 0.109. The van der Waals surface area contributed by atoms with Gasteiger partial charge in [-0.3, -0.25) is 0 Å². The van der Waals surface area contributed by atoms with Crippen molar-refractivity contribution in [1.29, 1.82) is 0 Å². The first-order valence-electron chi connectivity index (χ1n) is 5.59. The molecule has 1 aliphatic carbocycles. The van der Waals surface area contributed by atoms with Crippen LogP contribution in [0.4, 0.5) is 0 Å². The first-order chi connectivity index (χ1) is 7.38. The van der Waals surface area contributed by atoms with E-state index in [0.717, 1.165) is 24.7 Å². The van der Waals surface area contributed by atoms with Crippen molar-refractivity contribution in [2.24, 2.45) is 5.92 Å². The summed E-state index contributed by atoms with van der Waals surface area (Å²) in [6.45, 7) is 2.47. The maximum atomic E-state index is 8.71. The lowest BCUT2D eigenvalue weighted by molar-refractivity contribution is 0.268. The van der Waals surface area contributed by atoms with Gasteiger partial charge in [-0.2, -0.15) is 0 Å². The highest BCUT2D eigenvalue weighted by Crippen LogP contribution is 2.31. The van der Waals surface area contributed by atoms with Crippen LogP contribution in [0.5, 0.6) is 0 Å². The largest absolute Gasteiger partial charge is 0.394 e. The summed E-state index contributed by atoms with van der Waals surface area (Å²) < 4.78 is 1.66. The summed E-state index contributed by atoms with van der Waals surface area (Å²) in [5.41, 5.74) is 0.944. The van der Waals surface area contributed by atoms with Gasteiger partial charge in [0.2, 0.25) is 0 Å². The van der Waals surface area contributed by atoms with Crippen molar-refractivity contribution in [3.8, 4) is 0 Å². The fraction of sp³-hybridized carbons (Fsp3) is 0.800. The Bertz CT molecular complexity index is 295. The minimum Gasteiger partial charge on any atom is -0.394 e. The van der Waals surface area contributed by atoms with Crippen LogP contribution in [0.3, 0.4) is 0 Å². The number of nitrogens with one attached hydrogen (secondary N) is 1. The molecule has 2 N–H and O–H groups in total. The molecular weight excluding hydrogens is 192 g/mol. The van der Waals surface area contributed by atoms with Gasteiger partial charge in [-0.25, -0.2) is 4.68 Å². The number of aliphatic hydroxyl groups excluding tert-OH is 1. The van der Waals surface area contributed by atoms with Crippen molar-refractivity contribution < 1.29 is 5.11 Å².